The average Bonchev–Trinajstić information content (AvgIpc) is 2.14. The molecule has 4 heteroatoms. The summed E-state index contributed by atoms with van der Waals surface area (Å²) in [7, 11) is 0. The van der Waals surface area contributed by atoms with Crippen molar-refractivity contribution >= 4 is 34.1 Å². The second kappa shape index (κ2) is 7.76. The molecule has 0 spiro atoms. The third-order valence-corrected chi connectivity index (χ3v) is 3.02. The highest BCUT2D eigenvalue weighted by molar-refractivity contribution is 8.23. The van der Waals surface area contributed by atoms with Crippen LogP contribution >= 0.6 is 24.0 Å². The van der Waals surface area contributed by atoms with Crippen LogP contribution in [-0.2, 0) is 4.79 Å². The maximum absolute atomic E-state index is 10.7. The molecule has 0 aliphatic heterocycles. The van der Waals surface area contributed by atoms with Crippen LogP contribution in [0.25, 0.3) is 0 Å². The van der Waals surface area contributed by atoms with Gasteiger partial charge in [-0.2, -0.15) is 0 Å². The van der Waals surface area contributed by atoms with Gasteiger partial charge in [0.25, 0.3) is 0 Å². The predicted octanol–water partition coefficient (Wildman–Crippen LogP) is 2.27. The summed E-state index contributed by atoms with van der Waals surface area (Å²) in [4.78, 5) is 12.7. The van der Waals surface area contributed by atoms with E-state index < -0.39 is 0 Å². The molecule has 0 saturated heterocycles. The molecule has 0 aromatic carbocycles. The van der Waals surface area contributed by atoms with Crippen molar-refractivity contribution in [1.29, 1.82) is 0 Å². The van der Waals surface area contributed by atoms with Crippen molar-refractivity contribution in [3.8, 4) is 0 Å². The van der Waals surface area contributed by atoms with E-state index in [1.54, 1.807) is 19.1 Å². The summed E-state index contributed by atoms with van der Waals surface area (Å²) < 4.78 is 0.722. The zero-order valence-corrected chi connectivity index (χ0v) is 10.00. The fourth-order valence-corrected chi connectivity index (χ4v) is 1.77. The van der Waals surface area contributed by atoms with E-state index in [0.717, 1.165) is 4.32 Å². The molecule has 0 fully saturated rings. The summed E-state index contributed by atoms with van der Waals surface area (Å²) >= 11 is 6.55. The normalized spacial score (nSPS) is 9.21. The Balaban J connectivity index is 4.06. The summed E-state index contributed by atoms with van der Waals surface area (Å²) in [5, 5.41) is 0. The summed E-state index contributed by atoms with van der Waals surface area (Å²) in [6, 6.07) is 0. The third kappa shape index (κ3) is 5.94. The maximum atomic E-state index is 10.7. The Hall–Kier alpha value is -0.610. The molecule has 0 radical (unpaired) electrons. The van der Waals surface area contributed by atoms with Crippen LogP contribution in [-0.4, -0.2) is 33.8 Å². The SMILES string of the molecule is C=CCN(CC=C)C(=S)SCC(C)=O. The van der Waals surface area contributed by atoms with E-state index in [9.17, 15) is 4.79 Å². The molecule has 0 heterocycles. The highest BCUT2D eigenvalue weighted by Crippen LogP contribution is 2.09. The summed E-state index contributed by atoms with van der Waals surface area (Å²) in [5.74, 6) is 0.568. The van der Waals surface area contributed by atoms with Crippen molar-refractivity contribution in [3.63, 3.8) is 0 Å². The minimum absolute atomic E-state index is 0.134. The smallest absolute Gasteiger partial charge is 0.140 e. The number of thiocarbonyl (C=S) groups is 1. The topological polar surface area (TPSA) is 20.3 Å². The molecule has 0 aliphatic rings. The van der Waals surface area contributed by atoms with Gasteiger partial charge in [0.15, 0.2) is 0 Å². The minimum atomic E-state index is 0.134. The Morgan fingerprint density at radius 3 is 2.29 bits per heavy atom. The van der Waals surface area contributed by atoms with Gasteiger partial charge in [-0.25, -0.2) is 0 Å². The zero-order valence-electron chi connectivity index (χ0n) is 8.36. The number of nitrogens with zero attached hydrogens (tertiary/aromatic N) is 1. The molecule has 0 saturated carbocycles. The Bertz CT molecular complexity index is 228. The fourth-order valence-electron chi connectivity index (χ4n) is 0.790. The molecule has 0 aliphatic carbocycles. The number of carbonyl (C=O) groups is 1. The lowest BCUT2D eigenvalue weighted by Gasteiger charge is -2.20. The maximum Gasteiger partial charge on any atom is 0.140 e. The first-order chi connectivity index (χ1) is 6.61. The lowest BCUT2D eigenvalue weighted by atomic mass is 10.5. The van der Waals surface area contributed by atoms with Crippen LogP contribution in [0.1, 0.15) is 6.92 Å². The standard InChI is InChI=1S/C10H15NOS2/c1-4-6-11(7-5-2)10(13)14-8-9(3)12/h4-5H,1-2,6-8H2,3H3. The van der Waals surface area contributed by atoms with Gasteiger partial charge in [-0.1, -0.05) is 36.1 Å². The van der Waals surface area contributed by atoms with Crippen molar-refractivity contribution in [2.45, 2.75) is 6.92 Å². The summed E-state index contributed by atoms with van der Waals surface area (Å²) in [5.41, 5.74) is 0. The number of Topliss-reactive ketones (excluding diaryl/α,β-unsaturated/α-hetero) is 1. The fraction of sp³-hybridized carbons (Fsp3) is 0.400. The average molecular weight is 229 g/mol. The van der Waals surface area contributed by atoms with E-state index in [4.69, 9.17) is 12.2 Å². The number of rotatable bonds is 6. The van der Waals surface area contributed by atoms with E-state index in [2.05, 4.69) is 13.2 Å². The molecule has 0 rings (SSSR count). The van der Waals surface area contributed by atoms with Crippen molar-refractivity contribution in [3.05, 3.63) is 25.3 Å². The van der Waals surface area contributed by atoms with Gasteiger partial charge in [0.1, 0.15) is 10.1 Å². The molecule has 0 amide bonds. The quantitative estimate of drug-likeness (QED) is 0.514. The molecule has 0 N–H and O–H groups in total. The Labute approximate surface area is 95.0 Å². The van der Waals surface area contributed by atoms with E-state index in [1.807, 2.05) is 4.90 Å². The van der Waals surface area contributed by atoms with Crippen LogP contribution in [0.3, 0.4) is 0 Å². The number of carbonyl (C=O) groups excluding carboxylic acids is 1. The first-order valence-electron chi connectivity index (χ1n) is 4.24. The molecular formula is C10H15NOS2. The van der Waals surface area contributed by atoms with Gasteiger partial charge in [-0.15, -0.1) is 13.2 Å². The molecule has 0 aromatic rings. The van der Waals surface area contributed by atoms with Gasteiger partial charge in [-0.05, 0) is 6.92 Å². The van der Waals surface area contributed by atoms with Crippen LogP contribution in [0.4, 0.5) is 0 Å². The lowest BCUT2D eigenvalue weighted by molar-refractivity contribution is -0.114. The van der Waals surface area contributed by atoms with Crippen molar-refractivity contribution in [1.82, 2.24) is 4.90 Å². The minimum Gasteiger partial charge on any atom is -0.350 e. The number of thioether (sulfide) groups is 1. The van der Waals surface area contributed by atoms with Gasteiger partial charge in [0.2, 0.25) is 0 Å². The number of hydrogen-bond acceptors (Lipinski definition) is 3. The van der Waals surface area contributed by atoms with E-state index in [-0.39, 0.29) is 5.78 Å². The summed E-state index contributed by atoms with van der Waals surface area (Å²) in [6.07, 6.45) is 3.56. The van der Waals surface area contributed by atoms with Crippen LogP contribution in [0, 0.1) is 0 Å². The Morgan fingerprint density at radius 1 is 1.43 bits per heavy atom. The third-order valence-electron chi connectivity index (χ3n) is 1.36. The van der Waals surface area contributed by atoms with Gasteiger partial charge in [0.05, 0.1) is 5.75 Å². The molecular weight excluding hydrogens is 214 g/mol. The van der Waals surface area contributed by atoms with E-state index in [1.165, 1.54) is 11.8 Å². The molecule has 0 aromatic heterocycles. The van der Waals surface area contributed by atoms with Crippen LogP contribution in [0.15, 0.2) is 25.3 Å². The summed E-state index contributed by atoms with van der Waals surface area (Å²) in [6.45, 7) is 10.2. The second-order valence-electron chi connectivity index (χ2n) is 2.74. The van der Waals surface area contributed by atoms with E-state index >= 15 is 0 Å². The number of hydrogen-bond donors (Lipinski definition) is 0. The largest absolute Gasteiger partial charge is 0.350 e. The molecule has 14 heavy (non-hydrogen) atoms. The first kappa shape index (κ1) is 13.4. The van der Waals surface area contributed by atoms with Crippen molar-refractivity contribution in [2.24, 2.45) is 0 Å². The van der Waals surface area contributed by atoms with Gasteiger partial charge in [-0.3, -0.25) is 4.79 Å². The van der Waals surface area contributed by atoms with Crippen LogP contribution in [0.2, 0.25) is 0 Å². The zero-order chi connectivity index (χ0) is 11.0. The molecule has 0 bridgehead atoms. The monoisotopic (exact) mass is 229 g/mol. The Morgan fingerprint density at radius 2 is 1.93 bits per heavy atom. The first-order valence-corrected chi connectivity index (χ1v) is 5.64. The molecule has 0 atom stereocenters. The number of ketones is 1. The van der Waals surface area contributed by atoms with Gasteiger partial charge >= 0.3 is 0 Å². The second-order valence-corrected chi connectivity index (χ2v) is 4.35. The van der Waals surface area contributed by atoms with Gasteiger partial charge < -0.3 is 4.90 Å². The highest BCUT2D eigenvalue weighted by Gasteiger charge is 2.07. The van der Waals surface area contributed by atoms with Crippen molar-refractivity contribution < 1.29 is 4.79 Å². The van der Waals surface area contributed by atoms with Crippen LogP contribution in [0.5, 0.6) is 0 Å². The van der Waals surface area contributed by atoms with Crippen LogP contribution < -0.4 is 0 Å². The lowest BCUT2D eigenvalue weighted by Crippen LogP contribution is -2.28. The van der Waals surface area contributed by atoms with E-state index in [0.29, 0.717) is 18.8 Å². The van der Waals surface area contributed by atoms with Gasteiger partial charge in [0, 0.05) is 13.1 Å². The molecule has 0 unspecified atom stereocenters. The molecule has 2 nitrogen and oxygen atoms in total. The van der Waals surface area contributed by atoms with Crippen molar-refractivity contribution in [2.75, 3.05) is 18.8 Å². The highest BCUT2D eigenvalue weighted by atomic mass is 32.2. The molecule has 78 valence electrons. The predicted molar refractivity (Wildman–Crippen MR) is 67.7 cm³/mol. The Kier molecular flexibility index (Phi) is 7.42.